The Morgan fingerprint density at radius 1 is 1.23 bits per heavy atom. The number of esters is 1. The van der Waals surface area contributed by atoms with Gasteiger partial charge in [-0.3, -0.25) is 10.1 Å². The van der Waals surface area contributed by atoms with Gasteiger partial charge in [-0.05, 0) is 29.8 Å². The number of nitro groups is 1. The number of hydrogen-bond donors (Lipinski definition) is 0. The van der Waals surface area contributed by atoms with Gasteiger partial charge in [0.05, 0.1) is 17.6 Å². The van der Waals surface area contributed by atoms with Gasteiger partial charge < -0.3 is 9.47 Å². The molecule has 0 spiro atoms. The molecule has 0 aliphatic rings. The van der Waals surface area contributed by atoms with E-state index in [1.165, 1.54) is 29.5 Å². The number of methoxy groups -OCH3 is 1. The van der Waals surface area contributed by atoms with Crippen molar-refractivity contribution in [3.63, 3.8) is 0 Å². The second kappa shape index (κ2) is 7.43. The molecule has 0 fully saturated rings. The molecular formula is C17H14N4O5. The normalized spacial score (nSPS) is 10.3. The quantitative estimate of drug-likeness (QED) is 0.380. The van der Waals surface area contributed by atoms with Gasteiger partial charge in [0.25, 0.3) is 5.69 Å². The van der Waals surface area contributed by atoms with Crippen LogP contribution in [-0.2, 0) is 11.3 Å². The molecule has 0 saturated carbocycles. The van der Waals surface area contributed by atoms with Crippen LogP contribution in [0.2, 0.25) is 0 Å². The fourth-order valence-electron chi connectivity index (χ4n) is 2.28. The molecule has 3 aromatic rings. The number of ether oxygens (including phenoxy) is 2. The minimum atomic E-state index is -0.658. The van der Waals surface area contributed by atoms with Gasteiger partial charge in [0.15, 0.2) is 0 Å². The van der Waals surface area contributed by atoms with Crippen LogP contribution < -0.4 is 4.74 Å². The lowest BCUT2D eigenvalue weighted by molar-refractivity contribution is -0.384. The molecule has 0 bridgehead atoms. The molecule has 2 aromatic carbocycles. The van der Waals surface area contributed by atoms with E-state index in [0.29, 0.717) is 5.75 Å². The van der Waals surface area contributed by atoms with E-state index in [1.54, 1.807) is 31.4 Å². The predicted molar refractivity (Wildman–Crippen MR) is 90.1 cm³/mol. The summed E-state index contributed by atoms with van der Waals surface area (Å²) in [5.41, 5.74) is 0.788. The number of carbonyl (C=O) groups excluding carboxylic acids is 1. The van der Waals surface area contributed by atoms with Crippen molar-refractivity contribution in [2.75, 3.05) is 7.11 Å². The van der Waals surface area contributed by atoms with Gasteiger partial charge in [0.1, 0.15) is 30.7 Å². The average molecular weight is 354 g/mol. The lowest BCUT2D eigenvalue weighted by Crippen LogP contribution is -2.08. The number of rotatable bonds is 6. The number of aromatic nitrogens is 3. The summed E-state index contributed by atoms with van der Waals surface area (Å²) in [4.78, 5) is 26.7. The summed E-state index contributed by atoms with van der Waals surface area (Å²) in [6.07, 6.45) is 2.60. The van der Waals surface area contributed by atoms with Crippen molar-refractivity contribution in [3.8, 4) is 11.4 Å². The zero-order valence-corrected chi connectivity index (χ0v) is 13.7. The summed E-state index contributed by atoms with van der Waals surface area (Å²) >= 11 is 0. The molecule has 26 heavy (non-hydrogen) atoms. The van der Waals surface area contributed by atoms with Crippen LogP contribution in [0.4, 0.5) is 5.69 Å². The SMILES string of the molecule is COc1ccc(COC(=O)c2ccc(-n3cncn3)c([N+](=O)[O-])c2)cc1. The molecule has 0 aliphatic carbocycles. The van der Waals surface area contributed by atoms with Gasteiger partial charge >= 0.3 is 5.97 Å². The van der Waals surface area contributed by atoms with Crippen LogP contribution in [0.15, 0.2) is 55.1 Å². The van der Waals surface area contributed by atoms with Crippen LogP contribution in [0, 0.1) is 10.1 Å². The average Bonchev–Trinajstić information content (AvgIpc) is 3.20. The Kier molecular flexibility index (Phi) is 4.88. The zero-order valence-electron chi connectivity index (χ0n) is 13.7. The minimum Gasteiger partial charge on any atom is -0.497 e. The highest BCUT2D eigenvalue weighted by molar-refractivity contribution is 5.90. The third-order valence-electron chi connectivity index (χ3n) is 3.60. The number of hydrogen-bond acceptors (Lipinski definition) is 7. The lowest BCUT2D eigenvalue weighted by Gasteiger charge is -2.07. The first-order chi connectivity index (χ1) is 12.6. The van der Waals surface area contributed by atoms with Crippen molar-refractivity contribution in [1.29, 1.82) is 0 Å². The molecule has 0 unspecified atom stereocenters. The van der Waals surface area contributed by atoms with Gasteiger partial charge in [-0.2, -0.15) is 5.10 Å². The minimum absolute atomic E-state index is 0.0431. The van der Waals surface area contributed by atoms with E-state index in [9.17, 15) is 14.9 Å². The second-order valence-corrected chi connectivity index (χ2v) is 5.22. The van der Waals surface area contributed by atoms with E-state index in [-0.39, 0.29) is 23.5 Å². The van der Waals surface area contributed by atoms with Crippen molar-refractivity contribution in [1.82, 2.24) is 14.8 Å². The molecule has 0 N–H and O–H groups in total. The zero-order chi connectivity index (χ0) is 18.5. The first kappa shape index (κ1) is 17.1. The lowest BCUT2D eigenvalue weighted by atomic mass is 10.1. The third-order valence-corrected chi connectivity index (χ3v) is 3.60. The molecule has 1 aromatic heterocycles. The van der Waals surface area contributed by atoms with Crippen molar-refractivity contribution in [3.05, 3.63) is 76.4 Å². The monoisotopic (exact) mass is 354 g/mol. The molecule has 3 rings (SSSR count). The van der Waals surface area contributed by atoms with Crippen molar-refractivity contribution in [2.45, 2.75) is 6.61 Å². The van der Waals surface area contributed by atoms with E-state index in [0.717, 1.165) is 11.6 Å². The van der Waals surface area contributed by atoms with E-state index in [1.807, 2.05) is 0 Å². The van der Waals surface area contributed by atoms with Crippen LogP contribution in [0.5, 0.6) is 5.75 Å². The van der Waals surface area contributed by atoms with Crippen LogP contribution in [0.3, 0.4) is 0 Å². The molecule has 0 radical (unpaired) electrons. The van der Waals surface area contributed by atoms with Crippen molar-refractivity contribution >= 4 is 11.7 Å². The maximum Gasteiger partial charge on any atom is 0.338 e. The molecule has 0 amide bonds. The van der Waals surface area contributed by atoms with Crippen LogP contribution in [0.25, 0.3) is 5.69 Å². The van der Waals surface area contributed by atoms with Gasteiger partial charge in [-0.1, -0.05) is 12.1 Å². The standard InChI is InChI=1S/C17H14N4O5/c1-25-14-5-2-12(3-6-14)9-26-17(22)13-4-7-15(16(8-13)21(23)24)20-11-18-10-19-20/h2-8,10-11H,9H2,1H3. The molecular weight excluding hydrogens is 340 g/mol. The Morgan fingerprint density at radius 3 is 2.62 bits per heavy atom. The molecule has 0 atom stereocenters. The Balaban J connectivity index is 1.76. The molecule has 1 heterocycles. The number of carbonyl (C=O) groups is 1. The summed E-state index contributed by atoms with van der Waals surface area (Å²) in [5, 5.41) is 15.2. The summed E-state index contributed by atoms with van der Waals surface area (Å²) in [6.45, 7) is 0.0431. The van der Waals surface area contributed by atoms with Crippen LogP contribution in [-0.4, -0.2) is 32.8 Å². The van der Waals surface area contributed by atoms with Crippen molar-refractivity contribution in [2.24, 2.45) is 0 Å². The Hall–Kier alpha value is -3.75. The summed E-state index contributed by atoms with van der Waals surface area (Å²) < 4.78 is 11.5. The molecule has 9 nitrogen and oxygen atoms in total. The largest absolute Gasteiger partial charge is 0.497 e. The number of benzene rings is 2. The highest BCUT2D eigenvalue weighted by Crippen LogP contribution is 2.24. The second-order valence-electron chi connectivity index (χ2n) is 5.22. The van der Waals surface area contributed by atoms with E-state index in [2.05, 4.69) is 10.1 Å². The molecule has 0 aliphatic heterocycles. The highest BCUT2D eigenvalue weighted by atomic mass is 16.6. The summed E-state index contributed by atoms with van der Waals surface area (Å²) in [5.74, 6) is 0.0356. The molecule has 132 valence electrons. The summed E-state index contributed by atoms with van der Waals surface area (Å²) in [6, 6.07) is 11.1. The topological polar surface area (TPSA) is 109 Å². The van der Waals surface area contributed by atoms with Gasteiger partial charge in [0.2, 0.25) is 0 Å². The first-order valence-corrected chi connectivity index (χ1v) is 7.52. The van der Waals surface area contributed by atoms with Gasteiger partial charge in [0, 0.05) is 6.07 Å². The maximum atomic E-state index is 12.2. The van der Waals surface area contributed by atoms with E-state index < -0.39 is 10.9 Å². The third kappa shape index (κ3) is 3.66. The Morgan fingerprint density at radius 2 is 2.00 bits per heavy atom. The number of nitrogens with zero attached hydrogens (tertiary/aromatic N) is 4. The van der Waals surface area contributed by atoms with Crippen molar-refractivity contribution < 1.29 is 19.2 Å². The van der Waals surface area contributed by atoms with Gasteiger partial charge in [-0.15, -0.1) is 0 Å². The first-order valence-electron chi connectivity index (χ1n) is 7.52. The van der Waals surface area contributed by atoms with E-state index in [4.69, 9.17) is 9.47 Å². The Bertz CT molecular complexity index is 923. The summed E-state index contributed by atoms with van der Waals surface area (Å²) in [7, 11) is 1.56. The van der Waals surface area contributed by atoms with Gasteiger partial charge in [-0.25, -0.2) is 14.5 Å². The fraction of sp³-hybridized carbons (Fsp3) is 0.118. The Labute approximate surface area is 148 Å². The number of nitro benzene ring substituents is 1. The smallest absolute Gasteiger partial charge is 0.338 e. The maximum absolute atomic E-state index is 12.2. The highest BCUT2D eigenvalue weighted by Gasteiger charge is 2.20. The predicted octanol–water partition coefficient (Wildman–Crippen LogP) is 2.54. The fourth-order valence-corrected chi connectivity index (χ4v) is 2.28. The molecule has 0 saturated heterocycles. The van der Waals surface area contributed by atoms with Crippen LogP contribution in [0.1, 0.15) is 15.9 Å². The molecule has 9 heteroatoms. The van der Waals surface area contributed by atoms with E-state index >= 15 is 0 Å². The van der Waals surface area contributed by atoms with Crippen LogP contribution >= 0.6 is 0 Å².